The summed E-state index contributed by atoms with van der Waals surface area (Å²) in [4.78, 5) is 5.38. The average Bonchev–Trinajstić information content (AvgIpc) is 3.37. The van der Waals surface area contributed by atoms with Crippen molar-refractivity contribution >= 4 is 0 Å². The molecule has 3 fully saturated rings. The second-order valence-electron chi connectivity index (χ2n) is 7.35. The smallest absolute Gasteiger partial charge is 0.0593 e. The van der Waals surface area contributed by atoms with E-state index in [0.717, 1.165) is 32.2 Å². The van der Waals surface area contributed by atoms with Gasteiger partial charge >= 0.3 is 0 Å². The highest BCUT2D eigenvalue weighted by Crippen LogP contribution is 2.32. The van der Waals surface area contributed by atoms with Crippen LogP contribution in [0.4, 0.5) is 0 Å². The number of hydrogen-bond donors (Lipinski definition) is 0. The Balaban J connectivity index is 1.41. The minimum Gasteiger partial charge on any atom is -0.380 e. The third-order valence-corrected chi connectivity index (χ3v) is 5.54. The van der Waals surface area contributed by atoms with Crippen molar-refractivity contribution in [3.8, 4) is 0 Å². The Bertz CT molecular complexity index is 474. The van der Waals surface area contributed by atoms with Crippen LogP contribution in [0.25, 0.3) is 0 Å². The zero-order valence-electron chi connectivity index (χ0n) is 13.5. The van der Waals surface area contributed by atoms with E-state index in [1.165, 1.54) is 44.5 Å². The number of rotatable bonds is 4. The Morgan fingerprint density at radius 1 is 1.05 bits per heavy atom. The lowest BCUT2D eigenvalue weighted by atomic mass is 9.91. The minimum atomic E-state index is 0.693. The predicted octanol–water partition coefficient (Wildman–Crippen LogP) is 2.62. The van der Waals surface area contributed by atoms with Crippen molar-refractivity contribution in [1.82, 2.24) is 9.80 Å². The lowest BCUT2D eigenvalue weighted by molar-refractivity contribution is 0.0453. The molecule has 0 aromatic heterocycles. The molecule has 1 aromatic carbocycles. The molecule has 0 radical (unpaired) electrons. The lowest BCUT2D eigenvalue weighted by Crippen LogP contribution is -2.51. The van der Waals surface area contributed by atoms with Gasteiger partial charge in [0.15, 0.2) is 0 Å². The summed E-state index contributed by atoms with van der Waals surface area (Å²) in [6.07, 6.45) is 4.23. The molecule has 2 aliphatic heterocycles. The molecule has 0 N–H and O–H groups in total. The maximum Gasteiger partial charge on any atom is 0.0593 e. The van der Waals surface area contributed by atoms with Crippen LogP contribution in [0.5, 0.6) is 0 Å². The van der Waals surface area contributed by atoms with E-state index in [1.807, 2.05) is 0 Å². The number of ether oxygens (including phenoxy) is 1. The van der Waals surface area contributed by atoms with Gasteiger partial charge in [0.05, 0.1) is 13.2 Å². The molecular formula is C19H28N2O. The summed E-state index contributed by atoms with van der Waals surface area (Å²) in [5, 5.41) is 0. The first-order valence-corrected chi connectivity index (χ1v) is 8.96. The maximum absolute atomic E-state index is 5.93. The van der Waals surface area contributed by atoms with Gasteiger partial charge < -0.3 is 9.64 Å². The largest absolute Gasteiger partial charge is 0.380 e. The van der Waals surface area contributed by atoms with Gasteiger partial charge in [-0.25, -0.2) is 0 Å². The van der Waals surface area contributed by atoms with Gasteiger partial charge in [0.2, 0.25) is 0 Å². The average molecular weight is 300 g/mol. The van der Waals surface area contributed by atoms with Crippen LogP contribution in [0, 0.1) is 11.8 Å². The topological polar surface area (TPSA) is 15.7 Å². The first-order valence-electron chi connectivity index (χ1n) is 8.96. The van der Waals surface area contributed by atoms with E-state index in [2.05, 4.69) is 40.1 Å². The molecule has 0 amide bonds. The van der Waals surface area contributed by atoms with E-state index in [-0.39, 0.29) is 0 Å². The van der Waals surface area contributed by atoms with Gasteiger partial charge in [-0.05, 0) is 37.3 Å². The van der Waals surface area contributed by atoms with Gasteiger partial charge in [0.1, 0.15) is 0 Å². The standard InChI is InChI=1S/C19H28N2O/c1-2-4-16(5-3-1)13-21-10-11-22-15-18-14-20(9-8-19(18)21)12-17-6-7-17/h1-5,17-19H,6-15H2/t18-,19-/m1/s1. The first-order chi connectivity index (χ1) is 10.9. The van der Waals surface area contributed by atoms with Gasteiger partial charge in [0.25, 0.3) is 0 Å². The molecule has 0 spiro atoms. The minimum absolute atomic E-state index is 0.693. The number of hydrogen-bond acceptors (Lipinski definition) is 3. The number of fused-ring (bicyclic) bond motifs is 1. The molecule has 2 atom stereocenters. The molecular weight excluding hydrogens is 272 g/mol. The quantitative estimate of drug-likeness (QED) is 0.850. The zero-order valence-corrected chi connectivity index (χ0v) is 13.5. The number of nitrogens with zero attached hydrogens (tertiary/aromatic N) is 2. The van der Waals surface area contributed by atoms with E-state index >= 15 is 0 Å². The molecule has 3 heteroatoms. The molecule has 22 heavy (non-hydrogen) atoms. The monoisotopic (exact) mass is 300 g/mol. The normalized spacial score (nSPS) is 30.7. The number of benzene rings is 1. The molecule has 4 rings (SSSR count). The first kappa shape index (κ1) is 14.7. The van der Waals surface area contributed by atoms with Gasteiger partial charge in [-0.1, -0.05) is 30.3 Å². The van der Waals surface area contributed by atoms with Gasteiger partial charge in [-0.2, -0.15) is 0 Å². The zero-order chi connectivity index (χ0) is 14.8. The van der Waals surface area contributed by atoms with E-state index in [4.69, 9.17) is 4.74 Å². The summed E-state index contributed by atoms with van der Waals surface area (Å²) in [6.45, 7) is 7.86. The SMILES string of the molecule is c1ccc(CN2CCOC[C@H]3CN(CC4CC4)CC[C@H]32)cc1. The second kappa shape index (κ2) is 6.69. The van der Waals surface area contributed by atoms with Crippen LogP contribution < -0.4 is 0 Å². The van der Waals surface area contributed by atoms with Crippen molar-refractivity contribution in [2.24, 2.45) is 11.8 Å². The predicted molar refractivity (Wildman–Crippen MR) is 88.7 cm³/mol. The van der Waals surface area contributed by atoms with E-state index < -0.39 is 0 Å². The third-order valence-electron chi connectivity index (χ3n) is 5.54. The van der Waals surface area contributed by atoms with Crippen molar-refractivity contribution in [2.75, 3.05) is 39.4 Å². The van der Waals surface area contributed by atoms with Crippen LogP contribution >= 0.6 is 0 Å². The summed E-state index contributed by atoms with van der Waals surface area (Å²) >= 11 is 0. The Hall–Kier alpha value is -0.900. The van der Waals surface area contributed by atoms with Crippen LogP contribution in [0.3, 0.4) is 0 Å². The van der Waals surface area contributed by atoms with E-state index in [1.54, 1.807) is 0 Å². The van der Waals surface area contributed by atoms with Crippen molar-refractivity contribution in [3.05, 3.63) is 35.9 Å². The van der Waals surface area contributed by atoms with Crippen LogP contribution in [-0.4, -0.2) is 55.2 Å². The molecule has 1 saturated carbocycles. The van der Waals surface area contributed by atoms with Crippen molar-refractivity contribution in [1.29, 1.82) is 0 Å². The molecule has 3 aliphatic rings. The summed E-state index contributed by atoms with van der Waals surface area (Å²) in [5.41, 5.74) is 1.43. The Kier molecular flexibility index (Phi) is 4.47. The van der Waals surface area contributed by atoms with E-state index in [9.17, 15) is 0 Å². The van der Waals surface area contributed by atoms with Crippen molar-refractivity contribution in [3.63, 3.8) is 0 Å². The molecule has 0 unspecified atom stereocenters. The Morgan fingerprint density at radius 2 is 1.91 bits per heavy atom. The summed E-state index contributed by atoms with van der Waals surface area (Å²) < 4.78 is 5.93. The fourth-order valence-electron chi connectivity index (χ4n) is 4.17. The molecule has 2 saturated heterocycles. The molecule has 0 bridgehead atoms. The summed E-state index contributed by atoms with van der Waals surface area (Å²) in [7, 11) is 0. The number of likely N-dealkylation sites (tertiary alicyclic amines) is 1. The summed E-state index contributed by atoms with van der Waals surface area (Å²) in [6, 6.07) is 11.6. The fourth-order valence-corrected chi connectivity index (χ4v) is 4.17. The highest BCUT2D eigenvalue weighted by Gasteiger charge is 2.36. The maximum atomic E-state index is 5.93. The third kappa shape index (κ3) is 3.53. The molecule has 1 aliphatic carbocycles. The second-order valence-corrected chi connectivity index (χ2v) is 7.35. The van der Waals surface area contributed by atoms with Crippen molar-refractivity contribution < 1.29 is 4.74 Å². The van der Waals surface area contributed by atoms with Crippen LogP contribution in [0.2, 0.25) is 0 Å². The van der Waals surface area contributed by atoms with Crippen LogP contribution in [0.1, 0.15) is 24.8 Å². The van der Waals surface area contributed by atoms with Crippen molar-refractivity contribution in [2.45, 2.75) is 31.8 Å². The van der Waals surface area contributed by atoms with Crippen LogP contribution in [0.15, 0.2) is 30.3 Å². The Morgan fingerprint density at radius 3 is 2.73 bits per heavy atom. The molecule has 120 valence electrons. The molecule has 3 nitrogen and oxygen atoms in total. The molecule has 1 aromatic rings. The van der Waals surface area contributed by atoms with Crippen LogP contribution in [-0.2, 0) is 11.3 Å². The van der Waals surface area contributed by atoms with E-state index in [0.29, 0.717) is 12.0 Å². The van der Waals surface area contributed by atoms with Gasteiger partial charge in [0, 0.05) is 38.1 Å². The van der Waals surface area contributed by atoms with Gasteiger partial charge in [-0.15, -0.1) is 0 Å². The lowest BCUT2D eigenvalue weighted by Gasteiger charge is -2.42. The fraction of sp³-hybridized carbons (Fsp3) is 0.684. The number of piperidine rings is 1. The summed E-state index contributed by atoms with van der Waals surface area (Å²) in [5.74, 6) is 1.70. The molecule has 2 heterocycles. The Labute approximate surface area is 134 Å². The van der Waals surface area contributed by atoms with Gasteiger partial charge in [-0.3, -0.25) is 4.90 Å². The highest BCUT2D eigenvalue weighted by molar-refractivity contribution is 5.14. The highest BCUT2D eigenvalue weighted by atomic mass is 16.5.